The minimum absolute atomic E-state index is 0.164. The SMILES string of the molecule is O=C1[C@@H]2[C@@H](C(=O)N1c1nn(Cc3ccc(F)cc3)cc1Cl)[C@@H]1CC[C@@H]2O1. The third-order valence-electron chi connectivity index (χ3n) is 5.45. The summed E-state index contributed by atoms with van der Waals surface area (Å²) in [6.45, 7) is 0.359. The van der Waals surface area contributed by atoms with E-state index in [2.05, 4.69) is 5.10 Å². The summed E-state index contributed by atoms with van der Waals surface area (Å²) in [6, 6.07) is 6.03. The fraction of sp³-hybridized carbons (Fsp3) is 0.389. The van der Waals surface area contributed by atoms with Gasteiger partial charge in [-0.15, -0.1) is 0 Å². The Labute approximate surface area is 153 Å². The molecule has 0 aliphatic carbocycles. The first-order valence-corrected chi connectivity index (χ1v) is 8.91. The molecule has 3 saturated heterocycles. The van der Waals surface area contributed by atoms with Gasteiger partial charge < -0.3 is 4.74 Å². The molecule has 4 atom stereocenters. The molecular weight excluding hydrogens is 361 g/mol. The van der Waals surface area contributed by atoms with Gasteiger partial charge >= 0.3 is 0 Å². The van der Waals surface area contributed by atoms with Gasteiger partial charge in [0.25, 0.3) is 0 Å². The molecule has 5 rings (SSSR count). The average Bonchev–Trinajstić information content (AvgIpc) is 3.35. The number of amides is 2. The number of carbonyl (C=O) groups excluding carboxylic acids is 2. The van der Waals surface area contributed by atoms with Gasteiger partial charge in [-0.1, -0.05) is 23.7 Å². The fourth-order valence-corrected chi connectivity index (χ4v) is 4.55. The van der Waals surface area contributed by atoms with Crippen LogP contribution >= 0.6 is 11.6 Å². The summed E-state index contributed by atoms with van der Waals surface area (Å²) in [5.74, 6) is -1.54. The minimum Gasteiger partial charge on any atom is -0.373 e. The molecule has 0 spiro atoms. The van der Waals surface area contributed by atoms with Crippen molar-refractivity contribution in [1.29, 1.82) is 0 Å². The van der Waals surface area contributed by atoms with Crippen LogP contribution in [-0.2, 0) is 20.9 Å². The third-order valence-corrected chi connectivity index (χ3v) is 5.72. The van der Waals surface area contributed by atoms with Gasteiger partial charge in [0.1, 0.15) is 10.8 Å². The molecule has 0 N–H and O–H groups in total. The second-order valence-corrected chi connectivity index (χ2v) is 7.39. The van der Waals surface area contributed by atoms with E-state index < -0.39 is 11.8 Å². The van der Waals surface area contributed by atoms with Crippen molar-refractivity contribution in [2.75, 3.05) is 4.90 Å². The molecule has 0 unspecified atom stereocenters. The van der Waals surface area contributed by atoms with Crippen molar-refractivity contribution in [3.63, 3.8) is 0 Å². The zero-order chi connectivity index (χ0) is 18.0. The van der Waals surface area contributed by atoms with Crippen LogP contribution in [0.25, 0.3) is 0 Å². The van der Waals surface area contributed by atoms with E-state index in [0.717, 1.165) is 23.3 Å². The van der Waals surface area contributed by atoms with Gasteiger partial charge in [-0.3, -0.25) is 14.3 Å². The van der Waals surface area contributed by atoms with E-state index in [0.29, 0.717) is 6.54 Å². The first-order valence-electron chi connectivity index (χ1n) is 8.53. The maximum Gasteiger partial charge on any atom is 0.241 e. The highest BCUT2D eigenvalue weighted by molar-refractivity contribution is 6.35. The summed E-state index contributed by atoms with van der Waals surface area (Å²) in [4.78, 5) is 26.8. The summed E-state index contributed by atoms with van der Waals surface area (Å²) >= 11 is 6.27. The van der Waals surface area contributed by atoms with Crippen LogP contribution < -0.4 is 4.90 Å². The van der Waals surface area contributed by atoms with Crippen molar-refractivity contribution >= 4 is 29.2 Å². The monoisotopic (exact) mass is 375 g/mol. The van der Waals surface area contributed by atoms with Crippen molar-refractivity contribution in [3.05, 3.63) is 46.9 Å². The second kappa shape index (κ2) is 5.62. The Morgan fingerprint density at radius 3 is 2.35 bits per heavy atom. The van der Waals surface area contributed by atoms with Crippen LogP contribution in [0.2, 0.25) is 5.02 Å². The number of nitrogens with zero attached hydrogens (tertiary/aromatic N) is 3. The predicted molar refractivity (Wildman–Crippen MR) is 90.1 cm³/mol. The molecule has 0 radical (unpaired) electrons. The molecule has 2 bridgehead atoms. The molecule has 3 fully saturated rings. The molecule has 26 heavy (non-hydrogen) atoms. The Morgan fingerprint density at radius 2 is 1.73 bits per heavy atom. The van der Waals surface area contributed by atoms with Gasteiger partial charge in [-0.2, -0.15) is 5.10 Å². The molecule has 8 heteroatoms. The van der Waals surface area contributed by atoms with E-state index >= 15 is 0 Å². The predicted octanol–water partition coefficient (Wildman–Crippen LogP) is 2.39. The number of rotatable bonds is 3. The second-order valence-electron chi connectivity index (χ2n) is 6.98. The smallest absolute Gasteiger partial charge is 0.241 e. The number of imide groups is 1. The normalized spacial score (nSPS) is 29.7. The highest BCUT2D eigenvalue weighted by Gasteiger charge is 2.63. The summed E-state index contributed by atoms with van der Waals surface area (Å²) in [6.07, 6.45) is 2.84. The Bertz CT molecular complexity index is 885. The van der Waals surface area contributed by atoms with Crippen LogP contribution in [0.4, 0.5) is 10.2 Å². The van der Waals surface area contributed by atoms with E-state index in [4.69, 9.17) is 16.3 Å². The van der Waals surface area contributed by atoms with E-state index in [1.54, 1.807) is 23.0 Å². The number of hydrogen-bond donors (Lipinski definition) is 0. The van der Waals surface area contributed by atoms with Gasteiger partial charge in [0.05, 0.1) is 30.6 Å². The minimum atomic E-state index is -0.417. The quantitative estimate of drug-likeness (QED) is 0.773. The standard InChI is InChI=1S/C18H15ClFN3O3/c19-11-8-22(7-9-1-3-10(20)4-2-9)21-16(11)23-17(24)14-12-5-6-13(26-12)15(14)18(23)25/h1-4,8,12-15H,5-7H2/t12-,13-,14-,15-/m0/s1. The number of ether oxygens (including phenoxy) is 1. The number of benzene rings is 1. The molecule has 2 aromatic rings. The Morgan fingerprint density at radius 1 is 1.12 bits per heavy atom. The molecule has 134 valence electrons. The summed E-state index contributed by atoms with van der Waals surface area (Å²) < 4.78 is 20.3. The Kier molecular flexibility index (Phi) is 3.45. The molecule has 1 aromatic carbocycles. The topological polar surface area (TPSA) is 64.4 Å². The number of halogens is 2. The maximum absolute atomic E-state index is 13.0. The van der Waals surface area contributed by atoms with Crippen LogP contribution in [0.1, 0.15) is 18.4 Å². The van der Waals surface area contributed by atoms with Crippen molar-refractivity contribution in [1.82, 2.24) is 9.78 Å². The number of aromatic nitrogens is 2. The lowest BCUT2D eigenvalue weighted by atomic mass is 9.81. The highest BCUT2D eigenvalue weighted by Crippen LogP contribution is 2.49. The zero-order valence-electron chi connectivity index (χ0n) is 13.6. The van der Waals surface area contributed by atoms with Gasteiger partial charge in [-0.25, -0.2) is 9.29 Å². The van der Waals surface area contributed by atoms with Crippen LogP contribution in [0.3, 0.4) is 0 Å². The lowest BCUT2D eigenvalue weighted by molar-refractivity contribution is -0.124. The van der Waals surface area contributed by atoms with Crippen molar-refractivity contribution in [2.45, 2.75) is 31.6 Å². The Balaban J connectivity index is 1.44. The number of hydrogen-bond acceptors (Lipinski definition) is 4. The Hall–Kier alpha value is -2.25. The number of carbonyl (C=O) groups is 2. The number of fused-ring (bicyclic) bond motifs is 5. The van der Waals surface area contributed by atoms with Crippen molar-refractivity contribution in [3.8, 4) is 0 Å². The van der Waals surface area contributed by atoms with Crippen LogP contribution in [0.15, 0.2) is 30.5 Å². The molecule has 3 aliphatic rings. The average molecular weight is 376 g/mol. The zero-order valence-corrected chi connectivity index (χ0v) is 14.4. The maximum atomic E-state index is 13.0. The lowest BCUT2D eigenvalue weighted by Gasteiger charge is -2.15. The van der Waals surface area contributed by atoms with Crippen LogP contribution in [-0.4, -0.2) is 33.8 Å². The lowest BCUT2D eigenvalue weighted by Crippen LogP contribution is -2.34. The van der Waals surface area contributed by atoms with Gasteiger partial charge in [0, 0.05) is 6.20 Å². The summed E-state index contributed by atoms with van der Waals surface area (Å²) in [5.41, 5.74) is 0.833. The summed E-state index contributed by atoms with van der Waals surface area (Å²) in [5, 5.41) is 4.58. The van der Waals surface area contributed by atoms with Gasteiger partial charge in [0.2, 0.25) is 11.8 Å². The number of anilines is 1. The molecule has 1 aromatic heterocycles. The third kappa shape index (κ3) is 2.23. The molecule has 6 nitrogen and oxygen atoms in total. The van der Waals surface area contributed by atoms with E-state index in [1.807, 2.05) is 0 Å². The van der Waals surface area contributed by atoms with Crippen LogP contribution in [0.5, 0.6) is 0 Å². The largest absolute Gasteiger partial charge is 0.373 e. The van der Waals surface area contributed by atoms with Gasteiger partial charge in [0.15, 0.2) is 5.82 Å². The van der Waals surface area contributed by atoms with E-state index in [9.17, 15) is 14.0 Å². The first kappa shape index (κ1) is 16.0. The highest BCUT2D eigenvalue weighted by atomic mass is 35.5. The molecular formula is C18H15ClFN3O3. The van der Waals surface area contributed by atoms with Crippen molar-refractivity contribution in [2.24, 2.45) is 11.8 Å². The molecule has 3 aliphatic heterocycles. The van der Waals surface area contributed by atoms with Gasteiger partial charge in [-0.05, 0) is 30.5 Å². The fourth-order valence-electron chi connectivity index (χ4n) is 4.32. The first-order chi connectivity index (χ1) is 12.5. The van der Waals surface area contributed by atoms with Crippen molar-refractivity contribution < 1.29 is 18.7 Å². The molecule has 0 saturated carbocycles. The van der Waals surface area contributed by atoms with E-state index in [1.165, 1.54) is 12.1 Å². The molecule has 2 amide bonds. The molecule has 4 heterocycles. The van der Waals surface area contributed by atoms with E-state index in [-0.39, 0.29) is 40.7 Å². The van der Waals surface area contributed by atoms with Crippen LogP contribution in [0, 0.1) is 17.7 Å². The summed E-state index contributed by atoms with van der Waals surface area (Å²) in [7, 11) is 0.